The molecule has 0 atom stereocenters. The Labute approximate surface area is 111 Å². The van der Waals surface area contributed by atoms with E-state index in [4.69, 9.17) is 5.84 Å². The Bertz CT molecular complexity index is 458. The maximum absolute atomic E-state index is 10.9. The molecule has 104 valence electrons. The minimum atomic E-state index is -0.446. The highest BCUT2D eigenvalue weighted by Gasteiger charge is 2.19. The predicted molar refractivity (Wildman–Crippen MR) is 71.4 cm³/mol. The van der Waals surface area contributed by atoms with E-state index in [0.29, 0.717) is 12.2 Å². The van der Waals surface area contributed by atoms with Crippen LogP contribution < -0.4 is 11.3 Å². The molecule has 1 aromatic rings. The smallest absolute Gasteiger partial charge is 0.293 e. The third kappa shape index (κ3) is 3.40. The van der Waals surface area contributed by atoms with Gasteiger partial charge in [0.15, 0.2) is 0 Å². The molecule has 1 fully saturated rings. The molecule has 1 aliphatic heterocycles. The second kappa shape index (κ2) is 5.96. The Morgan fingerprint density at radius 3 is 2.74 bits per heavy atom. The number of hydrogen-bond acceptors (Lipinski definition) is 6. The summed E-state index contributed by atoms with van der Waals surface area (Å²) in [5.74, 6) is 5.25. The van der Waals surface area contributed by atoms with Crippen LogP contribution in [0, 0.1) is 10.1 Å². The van der Waals surface area contributed by atoms with Crippen molar-refractivity contribution in [2.24, 2.45) is 5.84 Å². The number of rotatable bonds is 4. The third-order valence-electron chi connectivity index (χ3n) is 3.38. The maximum atomic E-state index is 10.9. The molecule has 0 bridgehead atoms. The molecule has 1 heterocycles. The number of hydrazine groups is 1. The van der Waals surface area contributed by atoms with Crippen LogP contribution in [-0.2, 0) is 6.54 Å². The number of likely N-dealkylation sites (tertiary alicyclic amines) is 1. The minimum absolute atomic E-state index is 0.0166. The summed E-state index contributed by atoms with van der Waals surface area (Å²) in [6.07, 6.45) is 1.30. The normalized spacial score (nSPS) is 17.4. The number of hydrogen-bond donors (Lipinski definition) is 3. The molecule has 1 aliphatic rings. The first kappa shape index (κ1) is 13.7. The van der Waals surface area contributed by atoms with Gasteiger partial charge in [-0.25, -0.2) is 0 Å². The quantitative estimate of drug-likeness (QED) is 0.423. The summed E-state index contributed by atoms with van der Waals surface area (Å²) in [7, 11) is 0. The van der Waals surface area contributed by atoms with Gasteiger partial charge in [0.05, 0.1) is 11.0 Å². The van der Waals surface area contributed by atoms with Crippen molar-refractivity contribution in [2.75, 3.05) is 18.5 Å². The van der Waals surface area contributed by atoms with Gasteiger partial charge in [-0.2, -0.15) is 0 Å². The van der Waals surface area contributed by atoms with Gasteiger partial charge >= 0.3 is 0 Å². The molecule has 19 heavy (non-hydrogen) atoms. The van der Waals surface area contributed by atoms with Crippen LogP contribution >= 0.6 is 0 Å². The first-order valence-electron chi connectivity index (χ1n) is 6.24. The highest BCUT2D eigenvalue weighted by atomic mass is 16.6. The fourth-order valence-electron chi connectivity index (χ4n) is 2.28. The fraction of sp³-hybridized carbons (Fsp3) is 0.500. The number of piperidine rings is 1. The Balaban J connectivity index is 2.08. The van der Waals surface area contributed by atoms with Gasteiger partial charge in [-0.3, -0.25) is 20.9 Å². The highest BCUT2D eigenvalue weighted by Crippen LogP contribution is 2.25. The monoisotopic (exact) mass is 266 g/mol. The van der Waals surface area contributed by atoms with Gasteiger partial charge in [0.2, 0.25) is 0 Å². The van der Waals surface area contributed by atoms with E-state index in [9.17, 15) is 15.2 Å². The number of aliphatic hydroxyl groups excluding tert-OH is 1. The van der Waals surface area contributed by atoms with Crippen LogP contribution in [0.15, 0.2) is 18.2 Å². The molecule has 0 unspecified atom stereocenters. The second-order valence-electron chi connectivity index (χ2n) is 4.76. The molecule has 0 aromatic heterocycles. The topological polar surface area (TPSA) is 105 Å². The van der Waals surface area contributed by atoms with Crippen LogP contribution in [0.3, 0.4) is 0 Å². The number of nitrogens with two attached hydrogens (primary N) is 1. The Morgan fingerprint density at radius 2 is 2.16 bits per heavy atom. The lowest BCUT2D eigenvalue weighted by Gasteiger charge is -2.29. The Hall–Kier alpha value is -1.70. The SMILES string of the molecule is NNc1ccc(CN2CCC(O)CC2)cc1[N+](=O)[O-]. The minimum Gasteiger partial charge on any atom is -0.393 e. The van der Waals surface area contributed by atoms with Gasteiger partial charge in [0.25, 0.3) is 5.69 Å². The van der Waals surface area contributed by atoms with E-state index in [0.717, 1.165) is 31.5 Å². The molecule has 7 heteroatoms. The van der Waals surface area contributed by atoms with Crippen molar-refractivity contribution in [3.05, 3.63) is 33.9 Å². The molecule has 0 saturated carbocycles. The van der Waals surface area contributed by atoms with Crippen LogP contribution in [-0.4, -0.2) is 34.1 Å². The standard InChI is InChI=1S/C12H18N4O3/c13-14-11-2-1-9(7-12(11)16(18)19)8-15-5-3-10(17)4-6-15/h1-2,7,10,14,17H,3-6,8,13H2. The summed E-state index contributed by atoms with van der Waals surface area (Å²) in [6.45, 7) is 2.27. The molecule has 1 saturated heterocycles. The number of nitro benzene ring substituents is 1. The molecule has 2 rings (SSSR count). The molecule has 0 aliphatic carbocycles. The van der Waals surface area contributed by atoms with E-state index >= 15 is 0 Å². The van der Waals surface area contributed by atoms with Gasteiger partial charge in [0, 0.05) is 25.7 Å². The van der Waals surface area contributed by atoms with Crippen LogP contribution in [0.1, 0.15) is 18.4 Å². The number of nitrogen functional groups attached to an aromatic ring is 1. The molecule has 1 aromatic carbocycles. The lowest BCUT2D eigenvalue weighted by molar-refractivity contribution is -0.384. The van der Waals surface area contributed by atoms with Gasteiger partial charge in [-0.1, -0.05) is 6.07 Å². The van der Waals surface area contributed by atoms with Crippen LogP contribution in [0.25, 0.3) is 0 Å². The Kier molecular flexibility index (Phi) is 4.31. The van der Waals surface area contributed by atoms with Crippen molar-refractivity contribution < 1.29 is 10.0 Å². The number of benzene rings is 1. The van der Waals surface area contributed by atoms with E-state index in [1.54, 1.807) is 12.1 Å². The van der Waals surface area contributed by atoms with E-state index in [1.807, 2.05) is 6.07 Å². The molecule has 4 N–H and O–H groups in total. The number of nitrogens with zero attached hydrogens (tertiary/aromatic N) is 2. The maximum Gasteiger partial charge on any atom is 0.293 e. The van der Waals surface area contributed by atoms with Gasteiger partial charge in [-0.15, -0.1) is 0 Å². The average Bonchev–Trinajstić information content (AvgIpc) is 2.41. The first-order chi connectivity index (χ1) is 9.10. The van der Waals surface area contributed by atoms with Crippen LogP contribution in [0.5, 0.6) is 0 Å². The molecule has 0 spiro atoms. The number of aliphatic hydroxyl groups is 1. The largest absolute Gasteiger partial charge is 0.393 e. The zero-order valence-corrected chi connectivity index (χ0v) is 10.6. The molecule has 0 amide bonds. The van der Waals surface area contributed by atoms with Crippen molar-refractivity contribution in [1.29, 1.82) is 0 Å². The number of nitro groups is 1. The zero-order chi connectivity index (χ0) is 13.8. The summed E-state index contributed by atoms with van der Waals surface area (Å²) in [4.78, 5) is 12.7. The van der Waals surface area contributed by atoms with Crippen molar-refractivity contribution >= 4 is 11.4 Å². The van der Waals surface area contributed by atoms with Crippen molar-refractivity contribution in [3.63, 3.8) is 0 Å². The summed E-state index contributed by atoms with van der Waals surface area (Å²) < 4.78 is 0. The van der Waals surface area contributed by atoms with Crippen molar-refractivity contribution in [2.45, 2.75) is 25.5 Å². The highest BCUT2D eigenvalue weighted by molar-refractivity contribution is 5.61. The van der Waals surface area contributed by atoms with E-state index in [-0.39, 0.29) is 11.8 Å². The molecular weight excluding hydrogens is 248 g/mol. The van der Waals surface area contributed by atoms with Crippen molar-refractivity contribution in [1.82, 2.24) is 4.90 Å². The van der Waals surface area contributed by atoms with Crippen LogP contribution in [0.2, 0.25) is 0 Å². The zero-order valence-electron chi connectivity index (χ0n) is 10.6. The lowest BCUT2D eigenvalue weighted by Crippen LogP contribution is -2.35. The molecule has 7 nitrogen and oxygen atoms in total. The summed E-state index contributed by atoms with van der Waals surface area (Å²) in [5, 5.41) is 20.4. The third-order valence-corrected chi connectivity index (χ3v) is 3.38. The summed E-state index contributed by atoms with van der Waals surface area (Å²) >= 11 is 0. The predicted octanol–water partition coefficient (Wildman–Crippen LogP) is 0.837. The first-order valence-corrected chi connectivity index (χ1v) is 6.24. The number of nitrogens with one attached hydrogen (secondary N) is 1. The Morgan fingerprint density at radius 1 is 1.47 bits per heavy atom. The van der Waals surface area contributed by atoms with E-state index in [1.165, 1.54) is 0 Å². The van der Waals surface area contributed by atoms with Gasteiger partial charge in [-0.05, 0) is 24.5 Å². The van der Waals surface area contributed by atoms with Crippen molar-refractivity contribution in [3.8, 4) is 0 Å². The van der Waals surface area contributed by atoms with Crippen LogP contribution in [0.4, 0.5) is 11.4 Å². The van der Waals surface area contributed by atoms with E-state index < -0.39 is 4.92 Å². The summed E-state index contributed by atoms with van der Waals surface area (Å²) in [5.41, 5.74) is 3.49. The lowest BCUT2D eigenvalue weighted by atomic mass is 10.1. The van der Waals surface area contributed by atoms with E-state index in [2.05, 4.69) is 10.3 Å². The fourth-order valence-corrected chi connectivity index (χ4v) is 2.28. The molecular formula is C12H18N4O3. The molecule has 0 radical (unpaired) electrons. The van der Waals surface area contributed by atoms with Gasteiger partial charge < -0.3 is 10.5 Å². The van der Waals surface area contributed by atoms with Gasteiger partial charge in [0.1, 0.15) is 5.69 Å². The summed E-state index contributed by atoms with van der Waals surface area (Å²) in [6, 6.07) is 4.99. The average molecular weight is 266 g/mol. The number of anilines is 1. The second-order valence-corrected chi connectivity index (χ2v) is 4.76.